The van der Waals surface area contributed by atoms with E-state index in [9.17, 15) is 4.79 Å². The first kappa shape index (κ1) is 25.6. The van der Waals surface area contributed by atoms with Gasteiger partial charge in [-0.1, -0.05) is 0 Å². The smallest absolute Gasteiger partial charge is 0.303 e. The summed E-state index contributed by atoms with van der Waals surface area (Å²) in [5, 5.41) is 14.9. The molecule has 152 valence electrons. The van der Waals surface area contributed by atoms with E-state index in [0.29, 0.717) is 12.3 Å². The van der Waals surface area contributed by atoms with Gasteiger partial charge in [-0.25, -0.2) is 4.98 Å². The average Bonchev–Trinajstić information content (AvgIpc) is 3.08. The molecule has 3 rings (SSSR count). The van der Waals surface area contributed by atoms with Gasteiger partial charge in [-0.3, -0.25) is 4.79 Å². The van der Waals surface area contributed by atoms with Gasteiger partial charge in [0.2, 0.25) is 0 Å². The molecule has 0 aliphatic carbocycles. The second-order valence-corrected chi connectivity index (χ2v) is 6.92. The lowest BCUT2D eigenvalue weighted by molar-refractivity contribution is -0.136. The molecule has 2 heterocycles. The van der Waals surface area contributed by atoms with E-state index in [4.69, 9.17) is 9.84 Å². The number of carboxylic acid groups (broad SMARTS) is 1. The number of hydrogen-bond acceptors (Lipinski definition) is 5. The Balaban J connectivity index is 0.00000225. The van der Waals surface area contributed by atoms with Gasteiger partial charge in [-0.15, -0.1) is 36.2 Å². The molecule has 6 nitrogen and oxygen atoms in total. The van der Waals surface area contributed by atoms with Gasteiger partial charge in [-0.05, 0) is 56.1 Å². The van der Waals surface area contributed by atoms with Crippen LogP contribution >= 0.6 is 36.2 Å². The SMILES string of the molecule is Cl.Cl.O.O=C(O)CCc1csc(-c2ccc(OCC3CCNCC3)cc2)n1. The zero-order valence-corrected chi connectivity index (χ0v) is 17.3. The molecule has 1 fully saturated rings. The Bertz CT molecular complexity index is 676. The highest BCUT2D eigenvalue weighted by atomic mass is 35.5. The van der Waals surface area contributed by atoms with Crippen molar-refractivity contribution < 1.29 is 20.1 Å². The van der Waals surface area contributed by atoms with Crippen molar-refractivity contribution in [3.63, 3.8) is 0 Å². The summed E-state index contributed by atoms with van der Waals surface area (Å²) in [6.07, 6.45) is 2.95. The first-order valence-corrected chi connectivity index (χ1v) is 9.19. The normalized spacial score (nSPS) is 13.6. The number of benzene rings is 1. The predicted octanol–water partition coefficient (Wildman–Crippen LogP) is 3.22. The number of aromatic nitrogens is 1. The van der Waals surface area contributed by atoms with Crippen LogP contribution in [0.25, 0.3) is 10.6 Å². The minimum atomic E-state index is -0.792. The third kappa shape index (κ3) is 8.02. The van der Waals surface area contributed by atoms with Crippen LogP contribution in [0, 0.1) is 5.92 Å². The number of hydrogen-bond donors (Lipinski definition) is 2. The molecule has 4 N–H and O–H groups in total. The quantitative estimate of drug-likeness (QED) is 0.693. The summed E-state index contributed by atoms with van der Waals surface area (Å²) in [6, 6.07) is 7.98. The summed E-state index contributed by atoms with van der Waals surface area (Å²) in [5.41, 5.74) is 1.87. The molecule has 0 bridgehead atoms. The van der Waals surface area contributed by atoms with Gasteiger partial charge in [-0.2, -0.15) is 0 Å². The van der Waals surface area contributed by atoms with Gasteiger partial charge in [0.25, 0.3) is 0 Å². The highest BCUT2D eigenvalue weighted by molar-refractivity contribution is 7.13. The molecule has 0 atom stereocenters. The lowest BCUT2D eigenvalue weighted by Gasteiger charge is -2.22. The van der Waals surface area contributed by atoms with Crippen molar-refractivity contribution in [3.05, 3.63) is 35.3 Å². The molecule has 1 aromatic carbocycles. The molecular formula is C18H26Cl2N2O4S. The number of halogens is 2. The zero-order valence-electron chi connectivity index (χ0n) is 14.8. The van der Waals surface area contributed by atoms with Gasteiger partial charge in [0.15, 0.2) is 0 Å². The molecule has 0 amide bonds. The van der Waals surface area contributed by atoms with Crippen LogP contribution < -0.4 is 10.1 Å². The molecule has 0 unspecified atom stereocenters. The van der Waals surface area contributed by atoms with E-state index in [1.807, 2.05) is 29.6 Å². The second kappa shape index (κ2) is 12.9. The van der Waals surface area contributed by atoms with Crippen LogP contribution in [-0.4, -0.2) is 41.2 Å². The number of aliphatic carboxylic acids is 1. The van der Waals surface area contributed by atoms with E-state index in [1.54, 1.807) is 11.3 Å². The fourth-order valence-electron chi connectivity index (χ4n) is 2.75. The van der Waals surface area contributed by atoms with Gasteiger partial charge in [0, 0.05) is 17.4 Å². The van der Waals surface area contributed by atoms with Crippen molar-refractivity contribution in [1.82, 2.24) is 10.3 Å². The van der Waals surface area contributed by atoms with E-state index in [1.165, 1.54) is 12.8 Å². The largest absolute Gasteiger partial charge is 0.493 e. The Hall–Kier alpha value is -1.38. The van der Waals surface area contributed by atoms with E-state index in [-0.39, 0.29) is 36.7 Å². The van der Waals surface area contributed by atoms with Gasteiger partial charge in [0.1, 0.15) is 10.8 Å². The lowest BCUT2D eigenvalue weighted by Crippen LogP contribution is -2.30. The second-order valence-electron chi connectivity index (χ2n) is 6.07. The van der Waals surface area contributed by atoms with Crippen molar-refractivity contribution in [2.45, 2.75) is 25.7 Å². The first-order chi connectivity index (χ1) is 11.7. The van der Waals surface area contributed by atoms with Gasteiger partial charge >= 0.3 is 5.97 Å². The fraction of sp³-hybridized carbons (Fsp3) is 0.444. The summed E-state index contributed by atoms with van der Waals surface area (Å²) < 4.78 is 5.90. The van der Waals surface area contributed by atoms with Crippen LogP contribution in [0.1, 0.15) is 25.0 Å². The molecule has 9 heteroatoms. The molecule has 1 aromatic heterocycles. The fourth-order valence-corrected chi connectivity index (χ4v) is 3.61. The maximum Gasteiger partial charge on any atom is 0.303 e. The summed E-state index contributed by atoms with van der Waals surface area (Å²) in [4.78, 5) is 15.1. The van der Waals surface area contributed by atoms with Gasteiger partial charge < -0.3 is 20.6 Å². The van der Waals surface area contributed by atoms with Crippen LogP contribution in [0.4, 0.5) is 0 Å². The van der Waals surface area contributed by atoms with Crippen molar-refractivity contribution in [2.75, 3.05) is 19.7 Å². The molecule has 0 radical (unpaired) electrons. The van der Waals surface area contributed by atoms with Crippen molar-refractivity contribution in [1.29, 1.82) is 0 Å². The number of aryl methyl sites for hydroxylation is 1. The van der Waals surface area contributed by atoms with Crippen LogP contribution in [0.15, 0.2) is 29.6 Å². The highest BCUT2D eigenvalue weighted by Crippen LogP contribution is 2.26. The van der Waals surface area contributed by atoms with Gasteiger partial charge in [0.05, 0.1) is 18.7 Å². The molecule has 27 heavy (non-hydrogen) atoms. The maximum absolute atomic E-state index is 10.6. The van der Waals surface area contributed by atoms with Crippen LogP contribution in [0.2, 0.25) is 0 Å². The highest BCUT2D eigenvalue weighted by Gasteiger charge is 2.13. The summed E-state index contributed by atoms with van der Waals surface area (Å²) in [6.45, 7) is 2.94. The summed E-state index contributed by atoms with van der Waals surface area (Å²) in [5.74, 6) is 0.737. The number of carbonyl (C=O) groups is 1. The van der Waals surface area contributed by atoms with Crippen LogP contribution in [0.5, 0.6) is 5.75 Å². The lowest BCUT2D eigenvalue weighted by atomic mass is 9.99. The average molecular weight is 437 g/mol. The Labute approximate surface area is 175 Å². The number of nitrogens with one attached hydrogen (secondary N) is 1. The number of ether oxygens (including phenoxy) is 1. The number of carboxylic acids is 1. The van der Waals surface area contributed by atoms with Crippen LogP contribution in [0.3, 0.4) is 0 Å². The first-order valence-electron chi connectivity index (χ1n) is 8.31. The molecule has 1 aliphatic rings. The summed E-state index contributed by atoms with van der Waals surface area (Å²) in [7, 11) is 0. The number of piperidine rings is 1. The molecular weight excluding hydrogens is 411 g/mol. The number of thiazole rings is 1. The predicted molar refractivity (Wildman–Crippen MR) is 113 cm³/mol. The Morgan fingerprint density at radius 1 is 1.22 bits per heavy atom. The van der Waals surface area contributed by atoms with E-state index in [0.717, 1.165) is 41.7 Å². The maximum atomic E-state index is 10.6. The standard InChI is InChI=1S/C18H22N2O3S.2ClH.H2O/c21-17(22)6-3-15-12-24-18(20-15)14-1-4-16(5-2-14)23-11-13-7-9-19-10-8-13;;;/h1-2,4-5,12-13,19H,3,6-11H2,(H,21,22);2*1H;1H2. The Morgan fingerprint density at radius 3 is 2.52 bits per heavy atom. The van der Waals surface area contributed by atoms with Crippen molar-refractivity contribution in [2.24, 2.45) is 5.92 Å². The van der Waals surface area contributed by atoms with E-state index in [2.05, 4.69) is 10.3 Å². The monoisotopic (exact) mass is 436 g/mol. The van der Waals surface area contributed by atoms with Crippen LogP contribution in [-0.2, 0) is 11.2 Å². The third-order valence-corrected chi connectivity index (χ3v) is 5.13. The number of nitrogens with zero attached hydrogens (tertiary/aromatic N) is 1. The van der Waals surface area contributed by atoms with Crippen molar-refractivity contribution in [3.8, 4) is 16.3 Å². The third-order valence-electron chi connectivity index (χ3n) is 4.19. The number of rotatable bonds is 7. The molecule has 0 spiro atoms. The Morgan fingerprint density at radius 2 is 1.89 bits per heavy atom. The van der Waals surface area contributed by atoms with Crippen molar-refractivity contribution >= 4 is 42.1 Å². The minimum absolute atomic E-state index is 0. The molecule has 1 aliphatic heterocycles. The summed E-state index contributed by atoms with van der Waals surface area (Å²) >= 11 is 1.54. The van der Waals surface area contributed by atoms with E-state index >= 15 is 0 Å². The molecule has 1 saturated heterocycles. The Kier molecular flexibility index (Phi) is 12.2. The zero-order chi connectivity index (χ0) is 16.8. The molecule has 0 saturated carbocycles. The molecule has 2 aromatic rings. The van der Waals surface area contributed by atoms with E-state index < -0.39 is 5.97 Å². The minimum Gasteiger partial charge on any atom is -0.493 e. The topological polar surface area (TPSA) is 103 Å².